The van der Waals surface area contributed by atoms with Crippen LogP contribution in [0.15, 0.2) is 60.8 Å². The zero-order valence-electron chi connectivity index (χ0n) is 21.3. The van der Waals surface area contributed by atoms with Crippen molar-refractivity contribution in [3.63, 3.8) is 0 Å². The van der Waals surface area contributed by atoms with Gasteiger partial charge in [0.25, 0.3) is 5.91 Å². The van der Waals surface area contributed by atoms with Crippen LogP contribution in [0, 0.1) is 6.92 Å². The molecule has 6 rings (SSSR count). The SMILES string of the molecule is CC(=O)c1ccc(-c2cc(C3(NC(=O)c4cc(OC(S)[C@@H]5CCN5)ccc4C)CC3)c3cccnc3c2)s1. The number of nitrogens with one attached hydrogen (secondary N) is 2. The lowest BCUT2D eigenvalue weighted by Crippen LogP contribution is -2.50. The van der Waals surface area contributed by atoms with Crippen LogP contribution in [0.5, 0.6) is 5.75 Å². The van der Waals surface area contributed by atoms with E-state index >= 15 is 0 Å². The van der Waals surface area contributed by atoms with Crippen molar-refractivity contribution < 1.29 is 14.3 Å². The van der Waals surface area contributed by atoms with Crippen molar-refractivity contribution >= 4 is 46.6 Å². The standard InChI is InChI=1S/C30H29N3O3S2/c1-17-5-6-20(36-29(37)24-9-13-32-24)16-22(17)28(35)33-30(10-11-30)23-14-19(15-25-21(23)4-3-12-31-25)27-8-7-26(38-27)18(2)34/h3-8,12,14-16,24,29,32,37H,9-11,13H2,1-2H3,(H,33,35)/t24-,29?/m0/s1. The third-order valence-corrected chi connectivity index (χ3v) is 9.19. The number of thiophene rings is 1. The summed E-state index contributed by atoms with van der Waals surface area (Å²) in [6, 6.07) is 17.9. The first-order chi connectivity index (χ1) is 18.3. The van der Waals surface area contributed by atoms with E-state index in [4.69, 9.17) is 4.74 Å². The Hall–Kier alpha value is -3.20. The van der Waals surface area contributed by atoms with Gasteiger partial charge in [-0.1, -0.05) is 12.1 Å². The molecule has 2 aromatic carbocycles. The summed E-state index contributed by atoms with van der Waals surface area (Å²) < 4.78 is 6.03. The Labute approximate surface area is 231 Å². The van der Waals surface area contributed by atoms with Gasteiger partial charge in [-0.25, -0.2) is 0 Å². The molecule has 1 saturated carbocycles. The minimum Gasteiger partial charge on any atom is -0.478 e. The van der Waals surface area contributed by atoms with E-state index in [0.29, 0.717) is 11.3 Å². The number of hydrogen-bond acceptors (Lipinski definition) is 7. The normalized spacial score (nSPS) is 18.4. The van der Waals surface area contributed by atoms with Gasteiger partial charge in [0.05, 0.1) is 22.0 Å². The number of hydrogen-bond donors (Lipinski definition) is 3. The summed E-state index contributed by atoms with van der Waals surface area (Å²) in [5, 5.41) is 7.69. The fourth-order valence-corrected chi connectivity index (χ4v) is 6.23. The van der Waals surface area contributed by atoms with Gasteiger partial charge < -0.3 is 15.4 Å². The summed E-state index contributed by atoms with van der Waals surface area (Å²) in [6.07, 6.45) is 4.50. The Balaban J connectivity index is 1.32. The summed E-state index contributed by atoms with van der Waals surface area (Å²) in [7, 11) is 0. The molecule has 1 saturated heterocycles. The van der Waals surface area contributed by atoms with Crippen LogP contribution in [-0.2, 0) is 5.54 Å². The van der Waals surface area contributed by atoms with Gasteiger partial charge in [0, 0.05) is 22.0 Å². The molecule has 2 fully saturated rings. The van der Waals surface area contributed by atoms with E-state index in [0.717, 1.165) is 63.2 Å². The molecule has 1 unspecified atom stereocenters. The molecule has 1 aliphatic carbocycles. The Morgan fingerprint density at radius 3 is 2.68 bits per heavy atom. The quantitative estimate of drug-likeness (QED) is 0.147. The second-order valence-corrected chi connectivity index (χ2v) is 11.8. The molecular formula is C30H29N3O3S2. The van der Waals surface area contributed by atoms with Gasteiger partial charge in [-0.2, -0.15) is 0 Å². The van der Waals surface area contributed by atoms with E-state index in [1.165, 1.54) is 11.3 Å². The first-order valence-corrected chi connectivity index (χ1v) is 14.2. The number of fused-ring (bicyclic) bond motifs is 1. The van der Waals surface area contributed by atoms with Crippen LogP contribution in [0.2, 0.25) is 0 Å². The lowest BCUT2D eigenvalue weighted by atomic mass is 9.95. The highest BCUT2D eigenvalue weighted by Crippen LogP contribution is 2.49. The van der Waals surface area contributed by atoms with Crippen LogP contribution in [0.1, 0.15) is 57.3 Å². The number of benzene rings is 2. The van der Waals surface area contributed by atoms with Gasteiger partial charge >= 0.3 is 0 Å². The molecule has 0 bridgehead atoms. The molecule has 194 valence electrons. The molecule has 3 heterocycles. The summed E-state index contributed by atoms with van der Waals surface area (Å²) in [5.74, 6) is 0.566. The first kappa shape index (κ1) is 25.1. The smallest absolute Gasteiger partial charge is 0.252 e. The van der Waals surface area contributed by atoms with Crippen molar-refractivity contribution in [1.82, 2.24) is 15.6 Å². The minimum atomic E-state index is -0.472. The number of nitrogens with zero attached hydrogens (tertiary/aromatic N) is 1. The predicted molar refractivity (Wildman–Crippen MR) is 154 cm³/mol. The lowest BCUT2D eigenvalue weighted by molar-refractivity contribution is 0.0929. The summed E-state index contributed by atoms with van der Waals surface area (Å²) in [6.45, 7) is 4.50. The number of ether oxygens (including phenoxy) is 1. The number of pyridine rings is 1. The van der Waals surface area contributed by atoms with Gasteiger partial charge in [-0.05, 0) is 98.8 Å². The topological polar surface area (TPSA) is 80.3 Å². The molecule has 2 aliphatic rings. The lowest BCUT2D eigenvalue weighted by Gasteiger charge is -2.32. The summed E-state index contributed by atoms with van der Waals surface area (Å²) in [4.78, 5) is 31.9. The average Bonchev–Trinajstić information content (AvgIpc) is 3.46. The molecule has 2 aromatic heterocycles. The van der Waals surface area contributed by atoms with Gasteiger partial charge in [0.1, 0.15) is 5.75 Å². The molecular weight excluding hydrogens is 514 g/mol. The van der Waals surface area contributed by atoms with E-state index in [2.05, 4.69) is 46.4 Å². The largest absolute Gasteiger partial charge is 0.478 e. The van der Waals surface area contributed by atoms with Crippen LogP contribution in [-0.4, -0.2) is 34.7 Å². The molecule has 1 amide bonds. The number of carbonyl (C=O) groups excluding carboxylic acids is 2. The second kappa shape index (κ2) is 9.84. The molecule has 38 heavy (non-hydrogen) atoms. The molecule has 1 aliphatic heterocycles. The van der Waals surface area contributed by atoms with Crippen LogP contribution < -0.4 is 15.4 Å². The first-order valence-electron chi connectivity index (χ1n) is 12.8. The number of carbonyl (C=O) groups is 2. The van der Waals surface area contributed by atoms with Crippen molar-refractivity contribution in [2.75, 3.05) is 6.54 Å². The Bertz CT molecular complexity index is 1560. The maximum absolute atomic E-state index is 13.7. The fraction of sp³-hybridized carbons (Fsp3) is 0.300. The molecule has 6 nitrogen and oxygen atoms in total. The average molecular weight is 544 g/mol. The monoisotopic (exact) mass is 543 g/mol. The Kier molecular flexibility index (Phi) is 6.50. The molecule has 0 radical (unpaired) electrons. The number of thiol groups is 1. The molecule has 2 N–H and O–H groups in total. The Morgan fingerprint density at radius 1 is 1.18 bits per heavy atom. The number of aryl methyl sites for hydroxylation is 1. The van der Waals surface area contributed by atoms with Crippen LogP contribution in [0.4, 0.5) is 0 Å². The van der Waals surface area contributed by atoms with Gasteiger partial charge in [-0.3, -0.25) is 14.6 Å². The number of Topliss-reactive ketones (excluding diaryl/α,β-unsaturated/α-hetero) is 1. The third-order valence-electron chi connectivity index (χ3n) is 7.49. The predicted octanol–water partition coefficient (Wildman–Crippen LogP) is 5.89. The maximum atomic E-state index is 13.7. The van der Waals surface area contributed by atoms with Gasteiger partial charge in [-0.15, -0.1) is 24.0 Å². The fourth-order valence-electron chi connectivity index (χ4n) is 4.97. The molecule has 8 heteroatoms. The van der Waals surface area contributed by atoms with Crippen molar-refractivity contribution in [2.24, 2.45) is 0 Å². The van der Waals surface area contributed by atoms with Crippen molar-refractivity contribution in [2.45, 2.75) is 50.1 Å². The third kappa shape index (κ3) is 4.72. The second-order valence-electron chi connectivity index (χ2n) is 10.2. The zero-order valence-corrected chi connectivity index (χ0v) is 23.0. The van der Waals surface area contributed by atoms with Crippen molar-refractivity contribution in [3.05, 3.63) is 82.4 Å². The van der Waals surface area contributed by atoms with E-state index in [9.17, 15) is 9.59 Å². The number of aromatic nitrogens is 1. The van der Waals surface area contributed by atoms with Crippen LogP contribution >= 0.6 is 24.0 Å². The molecule has 2 atom stereocenters. The zero-order chi connectivity index (χ0) is 26.4. The van der Waals surface area contributed by atoms with Gasteiger partial charge in [0.15, 0.2) is 11.2 Å². The molecule has 0 spiro atoms. The van der Waals surface area contributed by atoms with E-state index in [-0.39, 0.29) is 23.2 Å². The number of amides is 1. The van der Waals surface area contributed by atoms with E-state index < -0.39 is 5.54 Å². The van der Waals surface area contributed by atoms with Crippen LogP contribution in [0.25, 0.3) is 21.3 Å². The van der Waals surface area contributed by atoms with Gasteiger partial charge in [0.2, 0.25) is 0 Å². The van der Waals surface area contributed by atoms with Crippen molar-refractivity contribution in [3.8, 4) is 16.2 Å². The number of ketones is 1. The number of rotatable bonds is 8. The minimum absolute atomic E-state index is 0.0566. The van der Waals surface area contributed by atoms with Crippen LogP contribution in [0.3, 0.4) is 0 Å². The summed E-state index contributed by atoms with van der Waals surface area (Å²) in [5.41, 5.74) is 3.67. The Morgan fingerprint density at radius 2 is 2.00 bits per heavy atom. The highest BCUT2D eigenvalue weighted by molar-refractivity contribution is 7.80. The van der Waals surface area contributed by atoms with Crippen molar-refractivity contribution in [1.29, 1.82) is 0 Å². The highest BCUT2D eigenvalue weighted by atomic mass is 32.1. The van der Waals surface area contributed by atoms with E-state index in [1.807, 2.05) is 43.3 Å². The van der Waals surface area contributed by atoms with E-state index in [1.54, 1.807) is 13.1 Å². The molecule has 4 aromatic rings. The summed E-state index contributed by atoms with van der Waals surface area (Å²) >= 11 is 6.06. The highest BCUT2D eigenvalue weighted by Gasteiger charge is 2.47. The maximum Gasteiger partial charge on any atom is 0.252 e.